The summed E-state index contributed by atoms with van der Waals surface area (Å²) in [4.78, 5) is 10.7. The lowest BCUT2D eigenvalue weighted by Gasteiger charge is -2.06. The summed E-state index contributed by atoms with van der Waals surface area (Å²) < 4.78 is 24.5. The highest BCUT2D eigenvalue weighted by Crippen LogP contribution is 2.21. The van der Waals surface area contributed by atoms with Crippen molar-refractivity contribution in [2.75, 3.05) is 5.32 Å². The van der Waals surface area contributed by atoms with Gasteiger partial charge < -0.3 is 5.32 Å². The fourth-order valence-corrected chi connectivity index (χ4v) is 1.27. The zero-order chi connectivity index (χ0) is 11.4. The Kier molecular flexibility index (Phi) is 3.74. The van der Waals surface area contributed by atoms with Gasteiger partial charge in [-0.2, -0.15) is 14.0 Å². The Morgan fingerprint density at radius 1 is 1.53 bits per heavy atom. The third kappa shape index (κ3) is 2.99. The minimum Gasteiger partial charge on any atom is -0.320 e. The molecule has 1 rings (SSSR count). The second kappa shape index (κ2) is 4.84. The molecule has 6 heteroatoms. The summed E-state index contributed by atoms with van der Waals surface area (Å²) in [5.41, 5.74) is 0.198. The molecule has 1 amide bonds. The first kappa shape index (κ1) is 11.6. The normalized spacial score (nSPS) is 9.80. The number of nitrogens with one attached hydrogen (secondary N) is 1. The maximum atomic E-state index is 11.9. The van der Waals surface area contributed by atoms with E-state index in [9.17, 15) is 13.6 Å². The van der Waals surface area contributed by atoms with E-state index in [0.29, 0.717) is 4.47 Å². The van der Waals surface area contributed by atoms with Gasteiger partial charge in [0, 0.05) is 4.47 Å². The molecule has 0 atom stereocenters. The summed E-state index contributed by atoms with van der Waals surface area (Å²) in [7, 11) is 0. The van der Waals surface area contributed by atoms with E-state index in [-0.39, 0.29) is 11.3 Å². The minimum absolute atomic E-state index is 0.0668. The molecule has 0 saturated carbocycles. The van der Waals surface area contributed by atoms with Crippen LogP contribution < -0.4 is 5.32 Å². The van der Waals surface area contributed by atoms with Crippen LogP contribution in [0.15, 0.2) is 22.7 Å². The van der Waals surface area contributed by atoms with Gasteiger partial charge in [0.1, 0.15) is 6.07 Å². The van der Waals surface area contributed by atoms with Gasteiger partial charge in [-0.15, -0.1) is 0 Å². The summed E-state index contributed by atoms with van der Waals surface area (Å²) in [6, 6.07) is 6.18. The third-order valence-electron chi connectivity index (χ3n) is 1.56. The fourth-order valence-electron chi connectivity index (χ4n) is 0.905. The molecular weight excluding hydrogens is 270 g/mol. The third-order valence-corrected chi connectivity index (χ3v) is 2.05. The van der Waals surface area contributed by atoms with Crippen LogP contribution in [0.5, 0.6) is 0 Å². The molecule has 78 valence electrons. The molecule has 0 unspecified atom stereocenters. The number of alkyl halides is 2. The maximum Gasteiger partial charge on any atom is 0.315 e. The van der Waals surface area contributed by atoms with Crippen molar-refractivity contribution in [1.82, 2.24) is 0 Å². The van der Waals surface area contributed by atoms with Gasteiger partial charge in [0.2, 0.25) is 0 Å². The van der Waals surface area contributed by atoms with Gasteiger partial charge in [-0.25, -0.2) is 0 Å². The standard InChI is InChI=1S/C9H5BrF2N2O/c10-6-2-1-5(4-13)7(3-6)14-9(15)8(11)12/h1-3,8H,(H,14,15). The Balaban J connectivity index is 2.98. The van der Waals surface area contributed by atoms with Gasteiger partial charge in [-0.1, -0.05) is 15.9 Å². The van der Waals surface area contributed by atoms with Crippen molar-refractivity contribution in [3.8, 4) is 6.07 Å². The van der Waals surface area contributed by atoms with Crippen molar-refractivity contribution < 1.29 is 13.6 Å². The van der Waals surface area contributed by atoms with Gasteiger partial charge in [0.05, 0.1) is 11.3 Å². The van der Waals surface area contributed by atoms with E-state index in [0.717, 1.165) is 0 Å². The lowest BCUT2D eigenvalue weighted by atomic mass is 10.2. The number of benzene rings is 1. The summed E-state index contributed by atoms with van der Waals surface area (Å²) in [5, 5.41) is 10.6. The molecule has 0 heterocycles. The molecule has 0 radical (unpaired) electrons. The number of halogens is 3. The number of amides is 1. The van der Waals surface area contributed by atoms with Crippen molar-refractivity contribution in [2.24, 2.45) is 0 Å². The molecule has 0 aliphatic carbocycles. The zero-order valence-electron chi connectivity index (χ0n) is 7.30. The van der Waals surface area contributed by atoms with E-state index in [2.05, 4.69) is 15.9 Å². The Morgan fingerprint density at radius 3 is 2.73 bits per heavy atom. The molecule has 0 aliphatic rings. The van der Waals surface area contributed by atoms with Gasteiger partial charge >= 0.3 is 6.43 Å². The summed E-state index contributed by atoms with van der Waals surface area (Å²) >= 11 is 3.10. The van der Waals surface area contributed by atoms with Crippen molar-refractivity contribution >= 4 is 27.5 Å². The van der Waals surface area contributed by atoms with E-state index in [1.54, 1.807) is 12.1 Å². The van der Waals surface area contributed by atoms with Crippen molar-refractivity contribution in [2.45, 2.75) is 6.43 Å². The van der Waals surface area contributed by atoms with Crippen LogP contribution in [0.3, 0.4) is 0 Å². The van der Waals surface area contributed by atoms with Crippen LogP contribution in [-0.2, 0) is 4.79 Å². The predicted octanol–water partition coefficient (Wildman–Crippen LogP) is 2.52. The molecule has 0 aliphatic heterocycles. The number of anilines is 1. The van der Waals surface area contributed by atoms with E-state index < -0.39 is 12.3 Å². The number of hydrogen-bond acceptors (Lipinski definition) is 2. The van der Waals surface area contributed by atoms with Crippen LogP contribution in [0.4, 0.5) is 14.5 Å². The first-order valence-electron chi connectivity index (χ1n) is 3.83. The Morgan fingerprint density at radius 2 is 2.20 bits per heavy atom. The topological polar surface area (TPSA) is 52.9 Å². The van der Waals surface area contributed by atoms with E-state index in [1.165, 1.54) is 12.1 Å². The summed E-state index contributed by atoms with van der Waals surface area (Å²) in [5.74, 6) is -1.43. The highest BCUT2D eigenvalue weighted by molar-refractivity contribution is 9.10. The molecule has 1 aromatic carbocycles. The van der Waals surface area contributed by atoms with Crippen molar-refractivity contribution in [3.05, 3.63) is 28.2 Å². The highest BCUT2D eigenvalue weighted by Gasteiger charge is 2.16. The van der Waals surface area contributed by atoms with Crippen LogP contribution in [-0.4, -0.2) is 12.3 Å². The first-order valence-corrected chi connectivity index (χ1v) is 4.62. The van der Waals surface area contributed by atoms with E-state index in [4.69, 9.17) is 5.26 Å². The van der Waals surface area contributed by atoms with Crippen LogP contribution in [0.2, 0.25) is 0 Å². The number of nitriles is 1. The van der Waals surface area contributed by atoms with Crippen molar-refractivity contribution in [1.29, 1.82) is 5.26 Å². The quantitative estimate of drug-likeness (QED) is 0.901. The average molecular weight is 275 g/mol. The monoisotopic (exact) mass is 274 g/mol. The number of hydrogen-bond donors (Lipinski definition) is 1. The first-order chi connectivity index (χ1) is 7.04. The summed E-state index contributed by atoms with van der Waals surface area (Å²) in [6.45, 7) is 0. The smallest absolute Gasteiger partial charge is 0.315 e. The molecule has 0 saturated heterocycles. The molecule has 0 aromatic heterocycles. The number of carbonyl (C=O) groups excluding carboxylic acids is 1. The zero-order valence-corrected chi connectivity index (χ0v) is 8.88. The fraction of sp³-hybridized carbons (Fsp3) is 0.111. The second-order valence-corrected chi connectivity index (χ2v) is 3.51. The highest BCUT2D eigenvalue weighted by atomic mass is 79.9. The number of rotatable bonds is 2. The second-order valence-electron chi connectivity index (χ2n) is 2.59. The van der Waals surface area contributed by atoms with Crippen LogP contribution in [0.1, 0.15) is 5.56 Å². The molecule has 1 N–H and O–H groups in total. The summed E-state index contributed by atoms with van der Waals surface area (Å²) in [6.07, 6.45) is -3.10. The van der Waals surface area contributed by atoms with E-state index in [1.807, 2.05) is 5.32 Å². The SMILES string of the molecule is N#Cc1ccc(Br)cc1NC(=O)C(F)F. The molecule has 15 heavy (non-hydrogen) atoms. The Bertz CT molecular complexity index is 429. The molecule has 0 bridgehead atoms. The Labute approximate surface area is 92.8 Å². The van der Waals surface area contributed by atoms with Gasteiger partial charge in [-0.3, -0.25) is 4.79 Å². The number of carbonyl (C=O) groups is 1. The molecule has 3 nitrogen and oxygen atoms in total. The van der Waals surface area contributed by atoms with Gasteiger partial charge in [0.15, 0.2) is 0 Å². The lowest BCUT2D eigenvalue weighted by molar-refractivity contribution is -0.126. The van der Waals surface area contributed by atoms with Crippen LogP contribution >= 0.6 is 15.9 Å². The molecule has 1 aromatic rings. The average Bonchev–Trinajstić information content (AvgIpc) is 2.18. The van der Waals surface area contributed by atoms with E-state index >= 15 is 0 Å². The molecule has 0 fully saturated rings. The van der Waals surface area contributed by atoms with Crippen LogP contribution in [0.25, 0.3) is 0 Å². The molecular formula is C9H5BrF2N2O. The minimum atomic E-state index is -3.10. The van der Waals surface area contributed by atoms with Crippen molar-refractivity contribution in [3.63, 3.8) is 0 Å². The molecule has 0 spiro atoms. The maximum absolute atomic E-state index is 11.9. The van der Waals surface area contributed by atoms with Crippen LogP contribution in [0, 0.1) is 11.3 Å². The number of nitrogens with zero attached hydrogens (tertiary/aromatic N) is 1. The van der Waals surface area contributed by atoms with Gasteiger partial charge in [0.25, 0.3) is 5.91 Å². The predicted molar refractivity (Wildman–Crippen MR) is 53.5 cm³/mol. The van der Waals surface area contributed by atoms with Gasteiger partial charge in [-0.05, 0) is 18.2 Å². The lowest BCUT2D eigenvalue weighted by Crippen LogP contribution is -2.20. The Hall–Kier alpha value is -1.48. The largest absolute Gasteiger partial charge is 0.320 e.